The minimum absolute atomic E-state index is 0. The topological polar surface area (TPSA) is 48.9 Å². The van der Waals surface area contributed by atoms with Crippen LogP contribution in [0, 0.1) is 5.92 Å². The molecule has 1 aliphatic carbocycles. The van der Waals surface area contributed by atoms with Crippen molar-refractivity contribution in [2.75, 3.05) is 33.3 Å². The third kappa shape index (κ3) is 4.96. The molecule has 1 saturated carbocycles. The third-order valence-electron chi connectivity index (χ3n) is 5.02. The number of halogens is 1. The molecule has 3 atom stereocenters. The zero-order valence-electron chi connectivity index (χ0n) is 13.9. The maximum absolute atomic E-state index is 5.77. The van der Waals surface area contributed by atoms with Crippen molar-refractivity contribution in [3.8, 4) is 0 Å². The highest BCUT2D eigenvalue weighted by Gasteiger charge is 2.38. The van der Waals surface area contributed by atoms with Crippen molar-refractivity contribution in [1.29, 1.82) is 0 Å². The third-order valence-corrected chi connectivity index (χ3v) is 5.02. The lowest BCUT2D eigenvalue weighted by Gasteiger charge is -2.25. The van der Waals surface area contributed by atoms with E-state index in [4.69, 9.17) is 4.74 Å². The Kier molecular flexibility index (Phi) is 7.21. The van der Waals surface area contributed by atoms with Crippen molar-refractivity contribution in [2.45, 2.75) is 57.2 Å². The Morgan fingerprint density at radius 2 is 2.05 bits per heavy atom. The van der Waals surface area contributed by atoms with Gasteiger partial charge in [0.15, 0.2) is 5.96 Å². The normalized spacial score (nSPS) is 33.4. The van der Waals surface area contributed by atoms with Crippen LogP contribution in [0.2, 0.25) is 0 Å². The van der Waals surface area contributed by atoms with E-state index in [1.54, 1.807) is 0 Å². The Hall–Kier alpha value is -0.0800. The van der Waals surface area contributed by atoms with Gasteiger partial charge in [0.05, 0.1) is 6.10 Å². The van der Waals surface area contributed by atoms with Gasteiger partial charge >= 0.3 is 0 Å². The number of nitrogens with zero attached hydrogens (tertiary/aromatic N) is 2. The van der Waals surface area contributed by atoms with Crippen LogP contribution in [0.4, 0.5) is 0 Å². The van der Waals surface area contributed by atoms with Gasteiger partial charge in [-0.15, -0.1) is 24.0 Å². The van der Waals surface area contributed by atoms with E-state index in [1.165, 1.54) is 38.6 Å². The van der Waals surface area contributed by atoms with E-state index in [1.807, 2.05) is 7.05 Å². The van der Waals surface area contributed by atoms with Gasteiger partial charge in [-0.1, -0.05) is 6.92 Å². The van der Waals surface area contributed by atoms with Crippen molar-refractivity contribution in [3.63, 3.8) is 0 Å². The maximum Gasteiger partial charge on any atom is 0.191 e. The van der Waals surface area contributed by atoms with Gasteiger partial charge < -0.3 is 15.4 Å². The van der Waals surface area contributed by atoms with Crippen molar-refractivity contribution in [2.24, 2.45) is 10.9 Å². The second-order valence-electron chi connectivity index (χ2n) is 6.85. The van der Waals surface area contributed by atoms with Crippen LogP contribution in [-0.2, 0) is 4.74 Å². The van der Waals surface area contributed by atoms with E-state index in [-0.39, 0.29) is 24.0 Å². The molecule has 22 heavy (non-hydrogen) atoms. The molecule has 2 saturated heterocycles. The fraction of sp³-hybridized carbons (Fsp3) is 0.938. The first-order valence-electron chi connectivity index (χ1n) is 8.59. The van der Waals surface area contributed by atoms with Gasteiger partial charge in [-0.3, -0.25) is 9.89 Å². The summed E-state index contributed by atoms with van der Waals surface area (Å²) in [5.41, 5.74) is 0. The number of aliphatic imine (C=N–C) groups is 1. The first-order valence-corrected chi connectivity index (χ1v) is 8.59. The minimum Gasteiger partial charge on any atom is -0.376 e. The number of guanidine groups is 1. The molecule has 3 unspecified atom stereocenters. The molecule has 3 fully saturated rings. The predicted molar refractivity (Wildman–Crippen MR) is 101 cm³/mol. The van der Waals surface area contributed by atoms with Gasteiger partial charge in [0.1, 0.15) is 0 Å². The van der Waals surface area contributed by atoms with Crippen molar-refractivity contribution in [1.82, 2.24) is 15.5 Å². The first-order chi connectivity index (χ1) is 10.3. The number of rotatable bonds is 4. The quantitative estimate of drug-likeness (QED) is 0.412. The standard InChI is InChI=1S/C16H30N4O.HI/c1-12-10-20(13-6-7-13)11-15(12)19-16(17-2)18-9-14-5-3-4-8-21-14;/h12-15H,3-11H2,1-2H3,(H2,17,18,19);1H. The summed E-state index contributed by atoms with van der Waals surface area (Å²) >= 11 is 0. The van der Waals surface area contributed by atoms with Crippen molar-refractivity contribution < 1.29 is 4.74 Å². The summed E-state index contributed by atoms with van der Waals surface area (Å²) in [5, 5.41) is 7.05. The minimum atomic E-state index is 0. The summed E-state index contributed by atoms with van der Waals surface area (Å²) in [5.74, 6) is 1.62. The highest BCUT2D eigenvalue weighted by molar-refractivity contribution is 14.0. The van der Waals surface area contributed by atoms with Crippen LogP contribution >= 0.6 is 24.0 Å². The van der Waals surface area contributed by atoms with E-state index in [9.17, 15) is 0 Å². The molecule has 2 N–H and O–H groups in total. The molecule has 0 bridgehead atoms. The molecule has 5 nitrogen and oxygen atoms in total. The number of hydrogen-bond donors (Lipinski definition) is 2. The number of hydrogen-bond acceptors (Lipinski definition) is 3. The number of likely N-dealkylation sites (tertiary alicyclic amines) is 1. The first kappa shape index (κ1) is 18.3. The van der Waals surface area contributed by atoms with Crippen LogP contribution in [0.1, 0.15) is 39.0 Å². The fourth-order valence-electron chi connectivity index (χ4n) is 3.48. The van der Waals surface area contributed by atoms with Crippen LogP contribution in [-0.4, -0.2) is 62.3 Å². The Bertz CT molecular complexity index is 369. The lowest BCUT2D eigenvalue weighted by Crippen LogP contribution is -2.48. The molecule has 6 heteroatoms. The molecule has 0 aromatic rings. The summed E-state index contributed by atoms with van der Waals surface area (Å²) in [4.78, 5) is 7.01. The van der Waals surface area contributed by atoms with E-state index in [0.29, 0.717) is 18.1 Å². The monoisotopic (exact) mass is 422 g/mol. The predicted octanol–water partition coefficient (Wildman–Crippen LogP) is 1.82. The summed E-state index contributed by atoms with van der Waals surface area (Å²) in [6, 6.07) is 1.38. The zero-order chi connectivity index (χ0) is 14.7. The molecule has 128 valence electrons. The van der Waals surface area contributed by atoms with Gasteiger partial charge in [-0.2, -0.15) is 0 Å². The molecule has 2 heterocycles. The molecule has 3 aliphatic rings. The number of ether oxygens (including phenoxy) is 1. The van der Waals surface area contributed by atoms with E-state index < -0.39 is 0 Å². The average Bonchev–Trinajstić information content (AvgIpc) is 3.29. The smallest absolute Gasteiger partial charge is 0.191 e. The Morgan fingerprint density at radius 1 is 1.23 bits per heavy atom. The molecule has 3 rings (SSSR count). The van der Waals surface area contributed by atoms with Crippen LogP contribution in [0.3, 0.4) is 0 Å². The summed E-state index contributed by atoms with van der Waals surface area (Å²) in [7, 11) is 1.86. The number of nitrogens with one attached hydrogen (secondary N) is 2. The van der Waals surface area contributed by atoms with E-state index >= 15 is 0 Å². The molecule has 0 spiro atoms. The van der Waals surface area contributed by atoms with Gasteiger partial charge in [-0.05, 0) is 38.0 Å². The Morgan fingerprint density at radius 3 is 2.68 bits per heavy atom. The molecular weight excluding hydrogens is 391 g/mol. The average molecular weight is 422 g/mol. The molecule has 0 amide bonds. The summed E-state index contributed by atoms with van der Waals surface area (Å²) in [6.45, 7) is 6.51. The Labute approximate surface area is 151 Å². The van der Waals surface area contributed by atoms with Gasteiger partial charge in [0.25, 0.3) is 0 Å². The van der Waals surface area contributed by atoms with Crippen molar-refractivity contribution in [3.05, 3.63) is 0 Å². The second-order valence-corrected chi connectivity index (χ2v) is 6.85. The lowest BCUT2D eigenvalue weighted by atomic mass is 10.1. The highest BCUT2D eigenvalue weighted by Crippen LogP contribution is 2.31. The van der Waals surface area contributed by atoms with E-state index in [0.717, 1.165) is 31.7 Å². The highest BCUT2D eigenvalue weighted by atomic mass is 127. The fourth-order valence-corrected chi connectivity index (χ4v) is 3.48. The zero-order valence-corrected chi connectivity index (χ0v) is 16.2. The van der Waals surface area contributed by atoms with Gasteiger partial charge in [-0.25, -0.2) is 0 Å². The largest absolute Gasteiger partial charge is 0.376 e. The van der Waals surface area contributed by atoms with Crippen LogP contribution < -0.4 is 10.6 Å². The molecule has 0 aromatic heterocycles. The maximum atomic E-state index is 5.77. The van der Waals surface area contributed by atoms with Crippen molar-refractivity contribution >= 4 is 29.9 Å². The van der Waals surface area contributed by atoms with Gasteiger partial charge in [0.2, 0.25) is 0 Å². The van der Waals surface area contributed by atoms with Crippen LogP contribution in [0.5, 0.6) is 0 Å². The summed E-state index contributed by atoms with van der Waals surface area (Å²) in [6.07, 6.45) is 6.80. The molecule has 0 radical (unpaired) electrons. The van der Waals surface area contributed by atoms with Crippen LogP contribution in [0.15, 0.2) is 4.99 Å². The van der Waals surface area contributed by atoms with Crippen LogP contribution in [0.25, 0.3) is 0 Å². The lowest BCUT2D eigenvalue weighted by molar-refractivity contribution is 0.0194. The van der Waals surface area contributed by atoms with Gasteiger partial charge in [0, 0.05) is 45.4 Å². The Balaban J connectivity index is 0.00000176. The second kappa shape index (κ2) is 8.68. The molecule has 0 aromatic carbocycles. The molecular formula is C16H31IN4O. The molecule has 2 aliphatic heterocycles. The van der Waals surface area contributed by atoms with E-state index in [2.05, 4.69) is 27.4 Å². The summed E-state index contributed by atoms with van der Waals surface area (Å²) < 4.78 is 5.77. The SMILES string of the molecule is CN=C(NCC1CCCCO1)NC1CN(C2CC2)CC1C.I.